The number of ether oxygens (including phenoxy) is 3. The number of nitrogens with one attached hydrogen (secondary N) is 2. The van der Waals surface area contributed by atoms with Crippen molar-refractivity contribution in [1.29, 1.82) is 0 Å². The van der Waals surface area contributed by atoms with Gasteiger partial charge in [0.2, 0.25) is 0 Å². The van der Waals surface area contributed by atoms with E-state index >= 15 is 0 Å². The molecule has 3 N–H and O–H groups in total. The highest BCUT2D eigenvalue weighted by Crippen LogP contribution is 2.53. The van der Waals surface area contributed by atoms with Crippen LogP contribution >= 0.6 is 0 Å². The molecule has 1 saturated carbocycles. The third-order valence-electron chi connectivity index (χ3n) is 10.6. The van der Waals surface area contributed by atoms with Crippen LogP contribution in [-0.2, 0) is 16.1 Å². The number of hydrogen-bond acceptors (Lipinski definition) is 6. The number of carbonyl (C=O) groups excluding carboxylic acids is 1. The van der Waals surface area contributed by atoms with Crippen molar-refractivity contribution < 1.29 is 24.1 Å². The van der Waals surface area contributed by atoms with Crippen molar-refractivity contribution in [3.8, 4) is 11.5 Å². The predicted molar refractivity (Wildman–Crippen MR) is 196 cm³/mol. The molecule has 2 heterocycles. The number of carbonyl (C=O) groups is 1. The molecule has 8 nitrogen and oxygen atoms in total. The van der Waals surface area contributed by atoms with Gasteiger partial charge in [-0.15, -0.1) is 0 Å². The van der Waals surface area contributed by atoms with Crippen molar-refractivity contribution in [3.63, 3.8) is 0 Å². The molecule has 0 radical (unpaired) electrons. The number of aliphatic hydroxyl groups is 1. The number of aliphatic hydroxyl groups excluding tert-OH is 1. The van der Waals surface area contributed by atoms with E-state index in [1.807, 2.05) is 78.9 Å². The molecule has 0 spiro atoms. The summed E-state index contributed by atoms with van der Waals surface area (Å²) in [5, 5.41) is 15.4. The fourth-order valence-corrected chi connectivity index (χ4v) is 8.60. The van der Waals surface area contributed by atoms with Crippen molar-refractivity contribution in [2.45, 2.75) is 78.1 Å². The second-order valence-corrected chi connectivity index (χ2v) is 15.6. The van der Waals surface area contributed by atoms with E-state index in [-0.39, 0.29) is 30.8 Å². The standard InChI is InChI=1S/C42H49N3O5/c1-28-37(24-45-27-42(4)23-34(45)22-41(2,3)26-42)49-39(50-38(28)30-12-10-29(25-46)11-13-30)31-14-16-32(17-15-31)43-40(47)44-33-18-20-36(21-19-33)48-35-8-6-5-7-9-35/h5-21,28,34,37-39,46H,22-27H2,1-4H3,(H2,43,44,47)/t28-,34?,37+,38+,39+,42?/m1/s1. The number of fused-ring (bicyclic) bond motifs is 2. The SMILES string of the molecule is C[C@@H]1[C@H](CN2CC3(C)CC2CC(C)(C)C3)O[C@H](c2ccc(NC(=O)Nc3ccc(Oc4ccccc4)cc3)cc2)O[C@@H]1c1ccc(CO)cc1. The van der Waals surface area contributed by atoms with E-state index in [9.17, 15) is 9.90 Å². The first-order valence-corrected chi connectivity index (χ1v) is 17.8. The van der Waals surface area contributed by atoms with Crippen LogP contribution in [0.25, 0.3) is 0 Å². The molecule has 4 aromatic rings. The molecule has 2 aliphatic heterocycles. The maximum Gasteiger partial charge on any atom is 0.323 e. The van der Waals surface area contributed by atoms with Crippen LogP contribution in [0, 0.1) is 16.7 Å². The highest BCUT2D eigenvalue weighted by atomic mass is 16.7. The Hall–Kier alpha value is -4.21. The Labute approximate surface area is 295 Å². The Balaban J connectivity index is 1.02. The lowest BCUT2D eigenvalue weighted by atomic mass is 9.65. The van der Waals surface area contributed by atoms with Crippen molar-refractivity contribution in [1.82, 2.24) is 4.90 Å². The molecule has 3 aliphatic rings. The zero-order valence-electron chi connectivity index (χ0n) is 29.5. The number of benzene rings is 4. The zero-order chi connectivity index (χ0) is 34.9. The van der Waals surface area contributed by atoms with Crippen LogP contribution in [0.1, 0.15) is 76.0 Å². The van der Waals surface area contributed by atoms with Crippen molar-refractivity contribution in [2.24, 2.45) is 16.7 Å². The summed E-state index contributed by atoms with van der Waals surface area (Å²) in [4.78, 5) is 15.5. The summed E-state index contributed by atoms with van der Waals surface area (Å²) in [6, 6.07) is 32.8. The number of anilines is 2. The molecule has 7 rings (SSSR count). The molecule has 50 heavy (non-hydrogen) atoms. The average molecular weight is 676 g/mol. The fraction of sp³-hybridized carbons (Fsp3) is 0.405. The highest BCUT2D eigenvalue weighted by Gasteiger charge is 2.51. The monoisotopic (exact) mass is 675 g/mol. The lowest BCUT2D eigenvalue weighted by Crippen LogP contribution is -2.46. The first kappa shape index (κ1) is 34.2. The molecule has 0 aromatic heterocycles. The molecule has 262 valence electrons. The molecule has 2 unspecified atom stereocenters. The Bertz CT molecular complexity index is 1750. The third kappa shape index (κ3) is 7.89. The lowest BCUT2D eigenvalue weighted by molar-refractivity contribution is -0.276. The largest absolute Gasteiger partial charge is 0.457 e. The van der Waals surface area contributed by atoms with Gasteiger partial charge in [-0.1, -0.05) is 82.3 Å². The summed E-state index contributed by atoms with van der Waals surface area (Å²) >= 11 is 0. The van der Waals surface area contributed by atoms with Crippen LogP contribution in [0.2, 0.25) is 0 Å². The summed E-state index contributed by atoms with van der Waals surface area (Å²) in [7, 11) is 0. The molecule has 4 aromatic carbocycles. The average Bonchev–Trinajstić information content (AvgIpc) is 3.34. The van der Waals surface area contributed by atoms with Gasteiger partial charge >= 0.3 is 6.03 Å². The normalized spacial score (nSPS) is 27.4. The van der Waals surface area contributed by atoms with Gasteiger partial charge in [-0.2, -0.15) is 0 Å². The minimum Gasteiger partial charge on any atom is -0.457 e. The maximum absolute atomic E-state index is 12.9. The maximum atomic E-state index is 12.9. The molecule has 3 fully saturated rings. The molecule has 8 heteroatoms. The topological polar surface area (TPSA) is 92.3 Å². The Kier molecular flexibility index (Phi) is 9.72. The van der Waals surface area contributed by atoms with Gasteiger partial charge < -0.3 is 30.0 Å². The first-order valence-electron chi connectivity index (χ1n) is 17.8. The van der Waals surface area contributed by atoms with E-state index in [2.05, 4.69) is 55.4 Å². The molecule has 1 aliphatic carbocycles. The van der Waals surface area contributed by atoms with E-state index in [4.69, 9.17) is 14.2 Å². The Morgan fingerprint density at radius 1 is 0.820 bits per heavy atom. The molecule has 2 bridgehead atoms. The zero-order valence-corrected chi connectivity index (χ0v) is 29.5. The highest BCUT2D eigenvalue weighted by molar-refractivity contribution is 5.99. The van der Waals surface area contributed by atoms with Gasteiger partial charge in [0.05, 0.1) is 18.8 Å². The number of para-hydroxylation sites is 1. The number of amides is 2. The van der Waals surface area contributed by atoms with Gasteiger partial charge in [0.1, 0.15) is 11.5 Å². The number of likely N-dealkylation sites (tertiary alicyclic amines) is 1. The van der Waals surface area contributed by atoms with Crippen LogP contribution in [0.3, 0.4) is 0 Å². The molecule has 2 amide bonds. The van der Waals surface area contributed by atoms with Crippen molar-refractivity contribution in [3.05, 3.63) is 120 Å². The Morgan fingerprint density at radius 2 is 1.44 bits per heavy atom. The third-order valence-corrected chi connectivity index (χ3v) is 10.6. The smallest absolute Gasteiger partial charge is 0.323 e. The fourth-order valence-electron chi connectivity index (χ4n) is 8.60. The van der Waals surface area contributed by atoms with Gasteiger partial charge in [-0.3, -0.25) is 4.90 Å². The van der Waals surface area contributed by atoms with Gasteiger partial charge in [0, 0.05) is 42.0 Å². The van der Waals surface area contributed by atoms with Crippen molar-refractivity contribution in [2.75, 3.05) is 23.7 Å². The molecule has 6 atom stereocenters. The number of urea groups is 1. The number of nitrogens with zero attached hydrogens (tertiary/aromatic N) is 1. The van der Waals surface area contributed by atoms with E-state index in [0.29, 0.717) is 34.0 Å². The minimum absolute atomic E-state index is 0.00951. The van der Waals surface area contributed by atoms with E-state index in [0.717, 1.165) is 35.5 Å². The van der Waals surface area contributed by atoms with Crippen molar-refractivity contribution >= 4 is 17.4 Å². The minimum atomic E-state index is -0.563. The number of rotatable bonds is 9. The number of hydrogen-bond donors (Lipinski definition) is 3. The van der Waals surface area contributed by atoms with E-state index in [1.54, 1.807) is 12.1 Å². The molecular formula is C42H49N3O5. The van der Waals surface area contributed by atoms with Crippen LogP contribution in [0.5, 0.6) is 11.5 Å². The van der Waals surface area contributed by atoms with Gasteiger partial charge in [-0.25, -0.2) is 4.79 Å². The van der Waals surface area contributed by atoms with E-state index < -0.39 is 6.29 Å². The summed E-state index contributed by atoms with van der Waals surface area (Å²) < 4.78 is 19.4. The summed E-state index contributed by atoms with van der Waals surface area (Å²) in [6.45, 7) is 11.5. The molecule has 2 saturated heterocycles. The Morgan fingerprint density at radius 3 is 2.10 bits per heavy atom. The van der Waals surface area contributed by atoms with Crippen LogP contribution in [0.15, 0.2) is 103 Å². The van der Waals surface area contributed by atoms with Crippen LogP contribution in [0.4, 0.5) is 16.2 Å². The van der Waals surface area contributed by atoms with Gasteiger partial charge in [-0.05, 0) is 89.8 Å². The molecular weight excluding hydrogens is 626 g/mol. The summed E-state index contributed by atoms with van der Waals surface area (Å²) in [5.74, 6) is 1.56. The van der Waals surface area contributed by atoms with Crippen LogP contribution in [-0.4, -0.2) is 41.3 Å². The second kappa shape index (κ2) is 14.2. The lowest BCUT2D eigenvalue weighted by Gasteiger charge is -2.43. The second-order valence-electron chi connectivity index (χ2n) is 15.6. The van der Waals surface area contributed by atoms with Gasteiger partial charge in [0.15, 0.2) is 6.29 Å². The quantitative estimate of drug-likeness (QED) is 0.164. The van der Waals surface area contributed by atoms with Gasteiger partial charge in [0.25, 0.3) is 0 Å². The summed E-state index contributed by atoms with van der Waals surface area (Å²) in [5.41, 5.74) is 4.86. The van der Waals surface area contributed by atoms with Crippen LogP contribution < -0.4 is 15.4 Å². The predicted octanol–water partition coefficient (Wildman–Crippen LogP) is 9.31. The van der Waals surface area contributed by atoms with E-state index in [1.165, 1.54) is 19.3 Å². The first-order chi connectivity index (χ1) is 24.0. The summed E-state index contributed by atoms with van der Waals surface area (Å²) in [6.07, 6.45) is 2.95.